The van der Waals surface area contributed by atoms with E-state index in [0.717, 1.165) is 12.3 Å². The molecule has 0 aromatic heterocycles. The van der Waals surface area contributed by atoms with E-state index in [-0.39, 0.29) is 6.10 Å². The van der Waals surface area contributed by atoms with Crippen LogP contribution in [0.25, 0.3) is 0 Å². The summed E-state index contributed by atoms with van der Waals surface area (Å²) in [5, 5.41) is 9.90. The molecule has 2 aliphatic rings. The van der Waals surface area contributed by atoms with Crippen molar-refractivity contribution < 1.29 is 5.11 Å². The van der Waals surface area contributed by atoms with Gasteiger partial charge in [0.05, 0.1) is 6.10 Å². The summed E-state index contributed by atoms with van der Waals surface area (Å²) in [5.74, 6) is 0.925. The second-order valence-corrected chi connectivity index (χ2v) is 5.16. The van der Waals surface area contributed by atoms with Gasteiger partial charge in [-0.05, 0) is 38.6 Å². The number of aliphatic hydroxyl groups is 1. The standard InChI is InChI=1S/C12H23NO/c1-13(9-10-5-4-6-10)11-7-2-3-8-12(11)14/h10-12,14H,2-9H2,1H3. The maximum Gasteiger partial charge on any atom is 0.0695 e. The number of nitrogens with zero attached hydrogens (tertiary/aromatic N) is 1. The average molecular weight is 197 g/mol. The fraction of sp³-hybridized carbons (Fsp3) is 1.00. The van der Waals surface area contributed by atoms with Crippen LogP contribution in [-0.2, 0) is 0 Å². The Balaban J connectivity index is 1.79. The second-order valence-electron chi connectivity index (χ2n) is 5.16. The summed E-state index contributed by atoms with van der Waals surface area (Å²) in [6.45, 7) is 1.21. The Morgan fingerprint density at radius 3 is 2.36 bits per heavy atom. The van der Waals surface area contributed by atoms with Crippen LogP contribution < -0.4 is 0 Å². The summed E-state index contributed by atoms with van der Waals surface area (Å²) in [6, 6.07) is 0.448. The Bertz CT molecular complexity index is 179. The molecule has 2 rings (SSSR count). The molecule has 2 heteroatoms. The van der Waals surface area contributed by atoms with Crippen molar-refractivity contribution in [1.82, 2.24) is 4.90 Å². The van der Waals surface area contributed by atoms with E-state index in [9.17, 15) is 5.11 Å². The molecule has 1 N–H and O–H groups in total. The maximum absolute atomic E-state index is 9.90. The van der Waals surface area contributed by atoms with E-state index in [2.05, 4.69) is 11.9 Å². The topological polar surface area (TPSA) is 23.5 Å². The first-order valence-electron chi connectivity index (χ1n) is 6.15. The van der Waals surface area contributed by atoms with Gasteiger partial charge >= 0.3 is 0 Å². The van der Waals surface area contributed by atoms with Gasteiger partial charge in [-0.3, -0.25) is 0 Å². The van der Waals surface area contributed by atoms with Gasteiger partial charge in [0.25, 0.3) is 0 Å². The molecule has 2 aliphatic carbocycles. The first kappa shape index (κ1) is 10.4. The van der Waals surface area contributed by atoms with Gasteiger partial charge in [-0.1, -0.05) is 19.3 Å². The summed E-state index contributed by atoms with van der Waals surface area (Å²) >= 11 is 0. The van der Waals surface area contributed by atoms with E-state index in [0.29, 0.717) is 6.04 Å². The molecule has 2 unspecified atom stereocenters. The van der Waals surface area contributed by atoms with Gasteiger partial charge in [-0.2, -0.15) is 0 Å². The molecule has 2 fully saturated rings. The van der Waals surface area contributed by atoms with Crippen LogP contribution in [0.3, 0.4) is 0 Å². The lowest BCUT2D eigenvalue weighted by Crippen LogP contribution is -2.45. The Morgan fingerprint density at radius 2 is 1.79 bits per heavy atom. The van der Waals surface area contributed by atoms with Crippen LogP contribution in [0.1, 0.15) is 44.9 Å². The summed E-state index contributed by atoms with van der Waals surface area (Å²) in [5.41, 5.74) is 0. The molecule has 0 aliphatic heterocycles. The first-order valence-corrected chi connectivity index (χ1v) is 6.15. The number of hydrogen-bond acceptors (Lipinski definition) is 2. The molecule has 0 amide bonds. The second kappa shape index (κ2) is 4.63. The van der Waals surface area contributed by atoms with E-state index >= 15 is 0 Å². The van der Waals surface area contributed by atoms with Crippen molar-refractivity contribution in [3.63, 3.8) is 0 Å². The third-order valence-corrected chi connectivity index (χ3v) is 4.03. The predicted molar refractivity (Wildman–Crippen MR) is 58.2 cm³/mol. The van der Waals surface area contributed by atoms with Gasteiger partial charge in [0.15, 0.2) is 0 Å². The zero-order valence-electron chi connectivity index (χ0n) is 9.28. The highest BCUT2D eigenvalue weighted by molar-refractivity contribution is 4.83. The predicted octanol–water partition coefficient (Wildman–Crippen LogP) is 2.02. The highest BCUT2D eigenvalue weighted by Crippen LogP contribution is 2.29. The van der Waals surface area contributed by atoms with Crippen molar-refractivity contribution in [1.29, 1.82) is 0 Å². The molecular weight excluding hydrogens is 174 g/mol. The van der Waals surface area contributed by atoms with Gasteiger partial charge in [0.2, 0.25) is 0 Å². The fourth-order valence-electron chi connectivity index (χ4n) is 2.82. The van der Waals surface area contributed by atoms with Crippen LogP contribution in [0.2, 0.25) is 0 Å². The third kappa shape index (κ3) is 2.29. The lowest BCUT2D eigenvalue weighted by Gasteiger charge is -2.39. The molecule has 0 heterocycles. The van der Waals surface area contributed by atoms with Gasteiger partial charge in [0.1, 0.15) is 0 Å². The number of likely N-dealkylation sites (N-methyl/N-ethyl adjacent to an activating group) is 1. The van der Waals surface area contributed by atoms with Crippen LogP contribution >= 0.6 is 0 Å². The van der Waals surface area contributed by atoms with Crippen LogP contribution in [0.4, 0.5) is 0 Å². The van der Waals surface area contributed by atoms with E-state index < -0.39 is 0 Å². The number of rotatable bonds is 3. The Morgan fingerprint density at radius 1 is 1.07 bits per heavy atom. The highest BCUT2D eigenvalue weighted by Gasteiger charge is 2.29. The number of aliphatic hydroxyl groups excluding tert-OH is 1. The SMILES string of the molecule is CN(CC1CCC1)C1CCCCC1O. The van der Waals surface area contributed by atoms with Crippen molar-refractivity contribution >= 4 is 0 Å². The minimum absolute atomic E-state index is 0.0613. The molecule has 2 atom stereocenters. The minimum Gasteiger partial charge on any atom is -0.391 e. The molecule has 14 heavy (non-hydrogen) atoms. The van der Waals surface area contributed by atoms with Crippen molar-refractivity contribution in [2.24, 2.45) is 5.92 Å². The molecule has 0 aromatic rings. The third-order valence-electron chi connectivity index (χ3n) is 4.03. The largest absolute Gasteiger partial charge is 0.391 e. The Hall–Kier alpha value is -0.0800. The summed E-state index contributed by atoms with van der Waals surface area (Å²) in [6.07, 6.45) is 8.91. The zero-order chi connectivity index (χ0) is 9.97. The summed E-state index contributed by atoms with van der Waals surface area (Å²) in [7, 11) is 2.19. The molecule has 2 nitrogen and oxygen atoms in total. The molecule has 2 saturated carbocycles. The quantitative estimate of drug-likeness (QED) is 0.748. The molecule has 0 radical (unpaired) electrons. The van der Waals surface area contributed by atoms with Crippen LogP contribution in [0.15, 0.2) is 0 Å². The summed E-state index contributed by atoms with van der Waals surface area (Å²) < 4.78 is 0. The Kier molecular flexibility index (Phi) is 3.45. The summed E-state index contributed by atoms with van der Waals surface area (Å²) in [4.78, 5) is 2.41. The highest BCUT2D eigenvalue weighted by atomic mass is 16.3. The van der Waals surface area contributed by atoms with Crippen LogP contribution in [-0.4, -0.2) is 35.7 Å². The minimum atomic E-state index is -0.0613. The molecule has 0 aromatic carbocycles. The van der Waals surface area contributed by atoms with E-state index in [1.54, 1.807) is 0 Å². The molecule has 0 saturated heterocycles. The lowest BCUT2D eigenvalue weighted by molar-refractivity contribution is 0.0197. The van der Waals surface area contributed by atoms with Crippen LogP contribution in [0, 0.1) is 5.92 Å². The Labute approximate surface area is 87.3 Å². The maximum atomic E-state index is 9.90. The van der Waals surface area contributed by atoms with Gasteiger partial charge in [0, 0.05) is 12.6 Å². The average Bonchev–Trinajstić information content (AvgIpc) is 2.12. The fourth-order valence-corrected chi connectivity index (χ4v) is 2.82. The van der Waals surface area contributed by atoms with Crippen molar-refractivity contribution in [2.45, 2.75) is 57.1 Å². The van der Waals surface area contributed by atoms with Crippen LogP contribution in [0.5, 0.6) is 0 Å². The van der Waals surface area contributed by atoms with E-state index in [1.165, 1.54) is 45.1 Å². The molecular formula is C12H23NO. The zero-order valence-corrected chi connectivity index (χ0v) is 9.28. The van der Waals surface area contributed by atoms with Crippen molar-refractivity contribution in [2.75, 3.05) is 13.6 Å². The smallest absolute Gasteiger partial charge is 0.0695 e. The lowest BCUT2D eigenvalue weighted by atomic mass is 9.84. The van der Waals surface area contributed by atoms with Gasteiger partial charge in [-0.15, -0.1) is 0 Å². The normalized spacial score (nSPS) is 34.5. The monoisotopic (exact) mass is 197 g/mol. The molecule has 0 bridgehead atoms. The van der Waals surface area contributed by atoms with Gasteiger partial charge in [-0.25, -0.2) is 0 Å². The number of hydrogen-bond donors (Lipinski definition) is 1. The molecule has 0 spiro atoms. The van der Waals surface area contributed by atoms with Gasteiger partial charge < -0.3 is 10.0 Å². The van der Waals surface area contributed by atoms with Crippen molar-refractivity contribution in [3.05, 3.63) is 0 Å². The van der Waals surface area contributed by atoms with E-state index in [1.807, 2.05) is 0 Å². The van der Waals surface area contributed by atoms with E-state index in [4.69, 9.17) is 0 Å². The first-order chi connectivity index (χ1) is 6.77. The molecule has 82 valence electrons. The van der Waals surface area contributed by atoms with Crippen molar-refractivity contribution in [3.8, 4) is 0 Å².